The van der Waals surface area contributed by atoms with Crippen LogP contribution in [0, 0.1) is 0 Å². The zero-order valence-electron chi connectivity index (χ0n) is 12.2. The van der Waals surface area contributed by atoms with Gasteiger partial charge in [0, 0.05) is 6.54 Å². The molecule has 0 aromatic rings. The van der Waals surface area contributed by atoms with Gasteiger partial charge in [-0.1, -0.05) is 38.7 Å². The molecule has 5 nitrogen and oxygen atoms in total. The van der Waals surface area contributed by atoms with E-state index in [1.165, 1.54) is 36.7 Å². The highest BCUT2D eigenvalue weighted by molar-refractivity contribution is 5.91. The Balaban J connectivity index is 2.31. The predicted molar refractivity (Wildman–Crippen MR) is 76.5 cm³/mol. The van der Waals surface area contributed by atoms with Gasteiger partial charge in [-0.15, -0.1) is 0 Å². The van der Waals surface area contributed by atoms with Gasteiger partial charge >= 0.3 is 5.97 Å². The highest BCUT2D eigenvalue weighted by Crippen LogP contribution is 2.09. The summed E-state index contributed by atoms with van der Waals surface area (Å²) < 4.78 is 5.11. The topological polar surface area (TPSA) is 66.8 Å². The van der Waals surface area contributed by atoms with E-state index in [4.69, 9.17) is 9.84 Å². The summed E-state index contributed by atoms with van der Waals surface area (Å²) in [7, 11) is 0. The van der Waals surface area contributed by atoms with E-state index in [0.29, 0.717) is 13.2 Å². The summed E-state index contributed by atoms with van der Waals surface area (Å²) in [5, 5.41) is 9.05. The van der Waals surface area contributed by atoms with Crippen molar-refractivity contribution in [1.82, 2.24) is 4.90 Å². The third-order valence-electron chi connectivity index (χ3n) is 3.43. The maximum absolute atomic E-state index is 12.0. The summed E-state index contributed by atoms with van der Waals surface area (Å²) >= 11 is 0. The van der Waals surface area contributed by atoms with Gasteiger partial charge in [0.15, 0.2) is 6.04 Å². The van der Waals surface area contributed by atoms with E-state index in [-0.39, 0.29) is 12.5 Å². The van der Waals surface area contributed by atoms with Crippen molar-refractivity contribution in [3.63, 3.8) is 0 Å². The van der Waals surface area contributed by atoms with Crippen molar-refractivity contribution in [3.8, 4) is 0 Å². The minimum atomic E-state index is -1.01. The molecule has 1 aliphatic rings. The van der Waals surface area contributed by atoms with Gasteiger partial charge in [0.25, 0.3) is 0 Å². The maximum Gasteiger partial charge on any atom is 0.328 e. The number of carbonyl (C=O) groups excluding carboxylic acids is 1. The fourth-order valence-electron chi connectivity index (χ4n) is 2.22. The van der Waals surface area contributed by atoms with Crippen LogP contribution in [0.15, 0.2) is 12.2 Å². The number of hydrogen-bond acceptors (Lipinski definition) is 3. The Morgan fingerprint density at radius 1 is 1.30 bits per heavy atom. The molecular weight excluding hydrogens is 258 g/mol. The molecule has 1 atom stereocenters. The molecule has 1 aliphatic heterocycles. The van der Waals surface area contributed by atoms with Crippen molar-refractivity contribution in [2.45, 2.75) is 51.5 Å². The third kappa shape index (κ3) is 5.74. The molecule has 114 valence electrons. The first kappa shape index (κ1) is 16.7. The fraction of sp³-hybridized carbons (Fsp3) is 0.733. The fourth-order valence-corrected chi connectivity index (χ4v) is 2.22. The van der Waals surface area contributed by atoms with E-state index in [9.17, 15) is 9.59 Å². The van der Waals surface area contributed by atoms with Crippen LogP contribution in [0.2, 0.25) is 0 Å². The molecule has 5 heteroatoms. The summed E-state index contributed by atoms with van der Waals surface area (Å²) in [6, 6.07) is -0.856. The number of ether oxygens (including phenoxy) is 1. The number of aliphatic carboxylic acids is 1. The van der Waals surface area contributed by atoms with E-state index in [2.05, 4.69) is 6.92 Å². The molecule has 0 bridgehead atoms. The van der Waals surface area contributed by atoms with E-state index in [1.54, 1.807) is 0 Å². The molecule has 0 aromatic carbocycles. The van der Waals surface area contributed by atoms with Gasteiger partial charge in [0.1, 0.15) is 0 Å². The van der Waals surface area contributed by atoms with Gasteiger partial charge in [0.2, 0.25) is 5.91 Å². The lowest BCUT2D eigenvalue weighted by Gasteiger charge is -2.32. The van der Waals surface area contributed by atoms with Crippen LogP contribution in [-0.4, -0.2) is 47.7 Å². The number of carbonyl (C=O) groups is 2. The van der Waals surface area contributed by atoms with Gasteiger partial charge < -0.3 is 14.7 Å². The quantitative estimate of drug-likeness (QED) is 0.548. The number of morpholine rings is 1. The number of hydrogen-bond donors (Lipinski definition) is 1. The molecule has 0 saturated carbocycles. The summed E-state index contributed by atoms with van der Waals surface area (Å²) in [5.41, 5.74) is 0. The van der Waals surface area contributed by atoms with Crippen LogP contribution in [-0.2, 0) is 14.3 Å². The number of unbranched alkanes of at least 4 members (excludes halogenated alkanes) is 5. The highest BCUT2D eigenvalue weighted by atomic mass is 16.5. The number of carboxylic acids is 1. The van der Waals surface area contributed by atoms with Crippen molar-refractivity contribution in [2.75, 3.05) is 19.8 Å². The Kier molecular flexibility index (Phi) is 7.95. The predicted octanol–water partition coefficient (Wildman–Crippen LogP) is 2.22. The average molecular weight is 283 g/mol. The molecule has 1 saturated heterocycles. The molecule has 1 heterocycles. The molecule has 1 N–H and O–H groups in total. The van der Waals surface area contributed by atoms with E-state index in [1.807, 2.05) is 6.08 Å². The second-order valence-electron chi connectivity index (χ2n) is 5.07. The average Bonchev–Trinajstić information content (AvgIpc) is 2.46. The monoisotopic (exact) mass is 283 g/mol. The lowest BCUT2D eigenvalue weighted by atomic mass is 10.1. The Labute approximate surface area is 120 Å². The van der Waals surface area contributed by atoms with Gasteiger partial charge in [0.05, 0.1) is 13.2 Å². The molecule has 0 aromatic heterocycles. The van der Waals surface area contributed by atoms with Crippen molar-refractivity contribution in [3.05, 3.63) is 12.2 Å². The normalized spacial score (nSPS) is 19.4. The smallest absolute Gasteiger partial charge is 0.328 e. The zero-order chi connectivity index (χ0) is 14.8. The van der Waals surface area contributed by atoms with Crippen LogP contribution in [0.4, 0.5) is 0 Å². The lowest BCUT2D eigenvalue weighted by molar-refractivity contribution is -0.156. The number of carboxylic acid groups (broad SMARTS) is 1. The lowest BCUT2D eigenvalue weighted by Crippen LogP contribution is -2.52. The molecule has 0 aliphatic carbocycles. The van der Waals surface area contributed by atoms with Crippen LogP contribution in [0.3, 0.4) is 0 Å². The molecule has 0 spiro atoms. The summed E-state index contributed by atoms with van der Waals surface area (Å²) in [6.45, 7) is 3.00. The minimum absolute atomic E-state index is 0.0753. The minimum Gasteiger partial charge on any atom is -0.480 e. The Morgan fingerprint density at radius 3 is 2.75 bits per heavy atom. The van der Waals surface area contributed by atoms with Crippen molar-refractivity contribution in [2.24, 2.45) is 0 Å². The van der Waals surface area contributed by atoms with Crippen LogP contribution < -0.4 is 0 Å². The summed E-state index contributed by atoms with van der Waals surface area (Å²) in [5.74, 6) is -1.24. The van der Waals surface area contributed by atoms with Crippen molar-refractivity contribution >= 4 is 11.9 Å². The molecule has 1 unspecified atom stereocenters. The van der Waals surface area contributed by atoms with Gasteiger partial charge in [-0.25, -0.2) is 4.79 Å². The Bertz CT molecular complexity index is 341. The number of nitrogens with zero attached hydrogens (tertiary/aromatic N) is 1. The van der Waals surface area contributed by atoms with Crippen LogP contribution >= 0.6 is 0 Å². The Hall–Kier alpha value is -1.36. The first-order chi connectivity index (χ1) is 9.66. The second kappa shape index (κ2) is 9.53. The summed E-state index contributed by atoms with van der Waals surface area (Å²) in [4.78, 5) is 24.4. The highest BCUT2D eigenvalue weighted by Gasteiger charge is 2.31. The maximum atomic E-state index is 12.0. The van der Waals surface area contributed by atoms with Gasteiger partial charge in [-0.05, 0) is 18.9 Å². The Morgan fingerprint density at radius 2 is 2.05 bits per heavy atom. The molecule has 20 heavy (non-hydrogen) atoms. The second-order valence-corrected chi connectivity index (χ2v) is 5.07. The van der Waals surface area contributed by atoms with E-state index >= 15 is 0 Å². The molecule has 1 amide bonds. The van der Waals surface area contributed by atoms with E-state index < -0.39 is 12.0 Å². The van der Waals surface area contributed by atoms with E-state index in [0.717, 1.165) is 12.8 Å². The van der Waals surface area contributed by atoms with Crippen LogP contribution in [0.1, 0.15) is 45.4 Å². The molecule has 0 radical (unpaired) electrons. The molecule has 1 fully saturated rings. The van der Waals surface area contributed by atoms with Crippen molar-refractivity contribution in [1.29, 1.82) is 0 Å². The van der Waals surface area contributed by atoms with Crippen LogP contribution in [0.25, 0.3) is 0 Å². The summed E-state index contributed by atoms with van der Waals surface area (Å²) in [6.07, 6.45) is 10.2. The van der Waals surface area contributed by atoms with Crippen molar-refractivity contribution < 1.29 is 19.4 Å². The van der Waals surface area contributed by atoms with Gasteiger partial charge in [-0.3, -0.25) is 4.79 Å². The van der Waals surface area contributed by atoms with Gasteiger partial charge in [-0.2, -0.15) is 0 Å². The first-order valence-electron chi connectivity index (χ1n) is 7.44. The number of rotatable bonds is 8. The number of amides is 1. The SMILES string of the molecule is CCCCCCCC=CC(=O)N1CCOCC1C(=O)O. The first-order valence-corrected chi connectivity index (χ1v) is 7.44. The zero-order valence-corrected chi connectivity index (χ0v) is 12.2. The number of allylic oxidation sites excluding steroid dienone is 1. The van der Waals surface area contributed by atoms with Crippen LogP contribution in [0.5, 0.6) is 0 Å². The largest absolute Gasteiger partial charge is 0.480 e. The molecular formula is C15H25NO4. The third-order valence-corrected chi connectivity index (χ3v) is 3.43. The standard InChI is InChI=1S/C15H25NO4/c1-2-3-4-5-6-7-8-9-14(17)16-10-11-20-12-13(16)15(18)19/h8-9,13H,2-7,10-12H2,1H3,(H,18,19). The molecule has 1 rings (SSSR count).